The zero-order valence-electron chi connectivity index (χ0n) is 10.2. The average Bonchev–Trinajstić information content (AvgIpc) is 2.39. The molecule has 2 aliphatic heterocycles. The van der Waals surface area contributed by atoms with Gasteiger partial charge in [-0.1, -0.05) is 13.8 Å². The normalized spacial score (nSPS) is 45.6. The fourth-order valence-corrected chi connectivity index (χ4v) is 4.30. The van der Waals surface area contributed by atoms with Gasteiger partial charge >= 0.3 is 0 Å². The van der Waals surface area contributed by atoms with E-state index in [1.807, 2.05) is 0 Å². The van der Waals surface area contributed by atoms with E-state index in [-0.39, 0.29) is 12.0 Å². The third-order valence-electron chi connectivity index (χ3n) is 4.90. The van der Waals surface area contributed by atoms with E-state index < -0.39 is 11.3 Å². The summed E-state index contributed by atoms with van der Waals surface area (Å²) >= 11 is 0. The highest BCUT2D eigenvalue weighted by atomic mass is 19.3. The Labute approximate surface area is 96.2 Å². The molecule has 0 amide bonds. The fraction of sp³-hybridized carbons (Fsp3) is 1.00. The minimum absolute atomic E-state index is 0.133. The monoisotopic (exact) mass is 229 g/mol. The minimum atomic E-state index is -2.36. The Morgan fingerprint density at radius 2 is 1.94 bits per heavy atom. The molecular formula is C13H21F2N. The summed E-state index contributed by atoms with van der Waals surface area (Å²) in [6.45, 7) is 6.12. The molecule has 0 aromatic rings. The molecule has 1 saturated carbocycles. The second kappa shape index (κ2) is 2.98. The second-order valence-corrected chi connectivity index (χ2v) is 6.69. The van der Waals surface area contributed by atoms with Gasteiger partial charge in [0.25, 0.3) is 5.92 Å². The summed E-state index contributed by atoms with van der Waals surface area (Å²) in [6, 6.07) is 0. The first kappa shape index (κ1) is 10.9. The molecule has 0 unspecified atom stereocenters. The highest BCUT2D eigenvalue weighted by molar-refractivity contribution is 5.22. The summed E-state index contributed by atoms with van der Waals surface area (Å²) in [7, 11) is 0. The topological polar surface area (TPSA) is 3.24 Å². The Balaban J connectivity index is 1.83. The van der Waals surface area contributed by atoms with Crippen LogP contribution >= 0.6 is 0 Å². The molecule has 0 aromatic heterocycles. The maximum atomic E-state index is 13.5. The lowest BCUT2D eigenvalue weighted by molar-refractivity contribution is 0.0654. The number of rotatable bonds is 2. The molecule has 1 spiro atoms. The number of alkyl halides is 2. The van der Waals surface area contributed by atoms with Crippen LogP contribution < -0.4 is 0 Å². The van der Waals surface area contributed by atoms with Crippen molar-refractivity contribution in [3.63, 3.8) is 0 Å². The molecule has 3 aliphatic rings. The van der Waals surface area contributed by atoms with Crippen molar-refractivity contribution in [2.24, 2.45) is 11.3 Å². The third-order valence-corrected chi connectivity index (χ3v) is 4.90. The Morgan fingerprint density at radius 3 is 2.50 bits per heavy atom. The molecule has 0 bridgehead atoms. The van der Waals surface area contributed by atoms with E-state index in [0.717, 1.165) is 25.8 Å². The number of nitrogens with zero attached hydrogens (tertiary/aromatic N) is 1. The summed E-state index contributed by atoms with van der Waals surface area (Å²) in [5.74, 6) is -1.75. The van der Waals surface area contributed by atoms with Crippen molar-refractivity contribution in [3.8, 4) is 0 Å². The largest absolute Gasteiger partial charge is 0.297 e. The first-order chi connectivity index (χ1) is 7.39. The fourth-order valence-electron chi connectivity index (χ4n) is 4.30. The molecule has 0 radical (unpaired) electrons. The van der Waals surface area contributed by atoms with E-state index in [2.05, 4.69) is 18.7 Å². The molecule has 1 aliphatic carbocycles. The molecule has 3 rings (SSSR count). The Bertz CT molecular complexity index is 315. The highest BCUT2D eigenvalue weighted by Gasteiger charge is 2.76. The molecule has 16 heavy (non-hydrogen) atoms. The first-order valence-corrected chi connectivity index (χ1v) is 6.52. The van der Waals surface area contributed by atoms with Gasteiger partial charge < -0.3 is 0 Å². The molecule has 2 atom stereocenters. The molecule has 2 saturated heterocycles. The molecule has 1 nitrogen and oxygen atoms in total. The first-order valence-electron chi connectivity index (χ1n) is 6.52. The van der Waals surface area contributed by atoms with Crippen LogP contribution in [0.15, 0.2) is 0 Å². The molecule has 92 valence electrons. The summed E-state index contributed by atoms with van der Waals surface area (Å²) in [5, 5.41) is 0. The van der Waals surface area contributed by atoms with Crippen LogP contribution in [0.2, 0.25) is 0 Å². The van der Waals surface area contributed by atoms with Gasteiger partial charge in [0.05, 0.1) is 5.41 Å². The van der Waals surface area contributed by atoms with Crippen LogP contribution in [0.1, 0.15) is 46.0 Å². The average molecular weight is 229 g/mol. The smallest absolute Gasteiger partial charge is 0.255 e. The highest BCUT2D eigenvalue weighted by Crippen LogP contribution is 2.70. The lowest BCUT2D eigenvalue weighted by Crippen LogP contribution is -2.39. The minimum Gasteiger partial charge on any atom is -0.297 e. The maximum Gasteiger partial charge on any atom is 0.255 e. The molecule has 3 fully saturated rings. The molecule has 2 heterocycles. The zero-order chi connectivity index (χ0) is 11.6. The van der Waals surface area contributed by atoms with Crippen LogP contribution in [0.3, 0.4) is 0 Å². The molecule has 0 aromatic carbocycles. The van der Waals surface area contributed by atoms with E-state index in [0.29, 0.717) is 12.5 Å². The van der Waals surface area contributed by atoms with Gasteiger partial charge in [-0.15, -0.1) is 0 Å². The summed E-state index contributed by atoms with van der Waals surface area (Å²) < 4.78 is 27.0. The van der Waals surface area contributed by atoms with Crippen LogP contribution in [0.4, 0.5) is 8.78 Å². The van der Waals surface area contributed by atoms with Crippen LogP contribution in [0.25, 0.3) is 0 Å². The lowest BCUT2D eigenvalue weighted by atomic mass is 9.82. The van der Waals surface area contributed by atoms with Gasteiger partial charge in [-0.25, -0.2) is 8.78 Å². The van der Waals surface area contributed by atoms with E-state index in [1.54, 1.807) is 0 Å². The molecule has 3 heteroatoms. The Hall–Kier alpha value is -0.180. The SMILES string of the molecule is CC(C)C[C@@]12CCCN1C[C@]1(CC1(F)F)C2. The van der Waals surface area contributed by atoms with Crippen LogP contribution in [0, 0.1) is 11.3 Å². The van der Waals surface area contributed by atoms with Crippen molar-refractivity contribution < 1.29 is 8.78 Å². The van der Waals surface area contributed by atoms with Gasteiger partial charge in [-0.3, -0.25) is 4.90 Å². The predicted molar refractivity (Wildman–Crippen MR) is 59.6 cm³/mol. The lowest BCUT2D eigenvalue weighted by Gasteiger charge is -2.33. The van der Waals surface area contributed by atoms with Crippen LogP contribution in [-0.4, -0.2) is 29.5 Å². The molecular weight excluding hydrogens is 208 g/mol. The van der Waals surface area contributed by atoms with Crippen molar-refractivity contribution in [2.75, 3.05) is 13.1 Å². The van der Waals surface area contributed by atoms with Gasteiger partial charge in [-0.2, -0.15) is 0 Å². The quantitative estimate of drug-likeness (QED) is 0.702. The van der Waals surface area contributed by atoms with E-state index >= 15 is 0 Å². The van der Waals surface area contributed by atoms with Crippen molar-refractivity contribution in [1.29, 1.82) is 0 Å². The predicted octanol–water partition coefficient (Wildman–Crippen LogP) is 3.30. The number of hydrogen-bond acceptors (Lipinski definition) is 1. The Morgan fingerprint density at radius 1 is 1.25 bits per heavy atom. The molecule has 0 N–H and O–H groups in total. The van der Waals surface area contributed by atoms with Gasteiger partial charge in [0.15, 0.2) is 0 Å². The van der Waals surface area contributed by atoms with E-state index in [1.165, 1.54) is 6.42 Å². The number of hydrogen-bond donors (Lipinski definition) is 0. The second-order valence-electron chi connectivity index (χ2n) is 6.69. The van der Waals surface area contributed by atoms with Crippen LogP contribution in [-0.2, 0) is 0 Å². The standard InChI is InChI=1S/C13H21F2N/c1-10(2)6-12-4-3-5-16(12)9-11(7-12)8-13(11,14)15/h10H,3-9H2,1-2H3/t11-,12-/m1/s1. The van der Waals surface area contributed by atoms with Gasteiger partial charge in [0, 0.05) is 18.5 Å². The van der Waals surface area contributed by atoms with Gasteiger partial charge in [-0.05, 0) is 38.1 Å². The van der Waals surface area contributed by atoms with Crippen LogP contribution in [0.5, 0.6) is 0 Å². The zero-order valence-corrected chi connectivity index (χ0v) is 10.2. The van der Waals surface area contributed by atoms with E-state index in [4.69, 9.17) is 0 Å². The maximum absolute atomic E-state index is 13.5. The van der Waals surface area contributed by atoms with Crippen molar-refractivity contribution in [2.45, 2.75) is 57.4 Å². The number of fused-ring (bicyclic) bond motifs is 1. The van der Waals surface area contributed by atoms with Crippen molar-refractivity contribution in [3.05, 3.63) is 0 Å². The summed E-state index contributed by atoms with van der Waals surface area (Å²) in [6.07, 6.45) is 4.35. The van der Waals surface area contributed by atoms with Crippen molar-refractivity contribution >= 4 is 0 Å². The number of halogens is 2. The summed E-state index contributed by atoms with van der Waals surface area (Å²) in [4.78, 5) is 2.38. The van der Waals surface area contributed by atoms with Gasteiger partial charge in [0.1, 0.15) is 0 Å². The van der Waals surface area contributed by atoms with Gasteiger partial charge in [0.2, 0.25) is 0 Å². The van der Waals surface area contributed by atoms with Crippen molar-refractivity contribution in [1.82, 2.24) is 4.90 Å². The Kier molecular flexibility index (Phi) is 2.04. The van der Waals surface area contributed by atoms with E-state index in [9.17, 15) is 8.78 Å². The summed E-state index contributed by atoms with van der Waals surface area (Å²) in [5.41, 5.74) is -0.490. The third kappa shape index (κ3) is 1.30.